The lowest BCUT2D eigenvalue weighted by molar-refractivity contribution is 0.105. The van der Waals surface area contributed by atoms with E-state index in [2.05, 4.69) is 38.1 Å². The predicted molar refractivity (Wildman–Crippen MR) is 111 cm³/mol. The van der Waals surface area contributed by atoms with Gasteiger partial charge in [0.15, 0.2) is 0 Å². The second kappa shape index (κ2) is 16.4. The van der Waals surface area contributed by atoms with Gasteiger partial charge >= 0.3 is 0 Å². The van der Waals surface area contributed by atoms with Gasteiger partial charge in [0.25, 0.3) is 0 Å². The van der Waals surface area contributed by atoms with Gasteiger partial charge in [0, 0.05) is 6.54 Å². The molecular weight excluding hydrogens is 306 g/mol. The van der Waals surface area contributed by atoms with Crippen LogP contribution in [-0.4, -0.2) is 13.2 Å². The Bertz CT molecular complexity index is 379. The number of para-hydroxylation sites is 1. The second-order valence-corrected chi connectivity index (χ2v) is 7.01. The van der Waals surface area contributed by atoms with Crippen molar-refractivity contribution >= 4 is 5.69 Å². The highest BCUT2D eigenvalue weighted by Crippen LogP contribution is 2.15. The third-order valence-electron chi connectivity index (χ3n) is 4.65. The fraction of sp³-hybridized carbons (Fsp3) is 0.696. The van der Waals surface area contributed by atoms with Gasteiger partial charge in [0.2, 0.25) is 0 Å². The van der Waals surface area contributed by atoms with E-state index in [1.807, 2.05) is 11.1 Å². The molecule has 0 aliphatic rings. The van der Waals surface area contributed by atoms with Gasteiger partial charge in [-0.3, -0.25) is 9.90 Å². The first-order valence-electron chi connectivity index (χ1n) is 10.6. The summed E-state index contributed by atoms with van der Waals surface area (Å²) in [5.74, 6) is 0. The van der Waals surface area contributed by atoms with E-state index in [-0.39, 0.29) is 0 Å². The van der Waals surface area contributed by atoms with Crippen molar-refractivity contribution in [3.05, 3.63) is 37.3 Å². The van der Waals surface area contributed by atoms with Crippen molar-refractivity contribution in [1.82, 2.24) is 0 Å². The summed E-state index contributed by atoms with van der Waals surface area (Å²) >= 11 is 0. The highest BCUT2D eigenvalue weighted by molar-refractivity contribution is 5.43. The largest absolute Gasteiger partial charge is 0.273 e. The lowest BCUT2D eigenvalue weighted by Gasteiger charge is -2.23. The molecule has 1 aromatic carbocycles. The van der Waals surface area contributed by atoms with Gasteiger partial charge in [-0.1, -0.05) is 103 Å². The molecule has 0 atom stereocenters. The minimum absolute atomic E-state index is 0.812. The number of hydrogen-bond acceptors (Lipinski definition) is 2. The van der Waals surface area contributed by atoms with Crippen molar-refractivity contribution < 1.29 is 4.84 Å². The van der Waals surface area contributed by atoms with E-state index in [0.717, 1.165) is 31.7 Å². The summed E-state index contributed by atoms with van der Waals surface area (Å²) in [6.45, 7) is 7.89. The molecule has 0 heterocycles. The minimum Gasteiger partial charge on any atom is -0.273 e. The Labute approximate surface area is 156 Å². The molecule has 0 aliphatic carbocycles. The van der Waals surface area contributed by atoms with Crippen LogP contribution in [0.2, 0.25) is 0 Å². The van der Waals surface area contributed by atoms with Crippen LogP contribution in [0.4, 0.5) is 5.69 Å². The lowest BCUT2D eigenvalue weighted by Crippen LogP contribution is -2.25. The molecule has 2 heteroatoms. The average molecular weight is 347 g/mol. The van der Waals surface area contributed by atoms with Gasteiger partial charge in [-0.25, -0.2) is 0 Å². The molecule has 0 fully saturated rings. The molecule has 0 amide bonds. The molecule has 1 aromatic rings. The van der Waals surface area contributed by atoms with Crippen molar-refractivity contribution in [2.24, 2.45) is 0 Å². The Hall–Kier alpha value is -1.02. The zero-order chi connectivity index (χ0) is 18.0. The Morgan fingerprint density at radius 2 is 1.28 bits per heavy atom. The molecule has 0 saturated carbocycles. The van der Waals surface area contributed by atoms with Crippen LogP contribution < -0.4 is 5.06 Å². The Morgan fingerprint density at radius 1 is 0.760 bits per heavy atom. The van der Waals surface area contributed by atoms with E-state index in [1.54, 1.807) is 0 Å². The van der Waals surface area contributed by atoms with Gasteiger partial charge in [0.05, 0.1) is 12.3 Å². The summed E-state index contributed by atoms with van der Waals surface area (Å²) in [6.07, 6.45) is 17.4. The van der Waals surface area contributed by atoms with Crippen LogP contribution in [0.3, 0.4) is 0 Å². The first-order valence-corrected chi connectivity index (χ1v) is 10.6. The number of benzene rings is 1. The van der Waals surface area contributed by atoms with Crippen molar-refractivity contribution in [3.8, 4) is 0 Å². The van der Waals surface area contributed by atoms with Crippen LogP contribution in [0.15, 0.2) is 30.3 Å². The average Bonchev–Trinajstić information content (AvgIpc) is 2.65. The smallest absolute Gasteiger partial charge is 0.0748 e. The maximum atomic E-state index is 5.95. The van der Waals surface area contributed by atoms with Gasteiger partial charge in [-0.2, -0.15) is 0 Å². The molecule has 1 radical (unpaired) electrons. The molecule has 1 rings (SSSR count). The van der Waals surface area contributed by atoms with Crippen LogP contribution >= 0.6 is 0 Å². The SMILES string of the molecule is [CH2]CCN(OCCCCCCCCCCCCCC)c1ccccc1. The van der Waals surface area contributed by atoms with E-state index >= 15 is 0 Å². The molecule has 0 bridgehead atoms. The monoisotopic (exact) mass is 346 g/mol. The minimum atomic E-state index is 0.812. The molecule has 0 aromatic heterocycles. The third kappa shape index (κ3) is 12.0. The number of hydroxylamine groups is 1. The standard InChI is InChI=1S/C23H40NO/c1-3-5-6-7-8-9-10-11-12-13-14-18-22-25-24(21-4-2)23-19-16-15-17-20-23/h15-17,19-20H,2-14,18,21-22H2,1H3. The van der Waals surface area contributed by atoms with Gasteiger partial charge in [-0.15, -0.1) is 0 Å². The summed E-state index contributed by atoms with van der Waals surface area (Å²) in [5, 5.41) is 1.99. The number of unbranched alkanes of at least 4 members (excludes halogenated alkanes) is 11. The third-order valence-corrected chi connectivity index (χ3v) is 4.65. The summed E-state index contributed by atoms with van der Waals surface area (Å²) < 4.78 is 0. The summed E-state index contributed by atoms with van der Waals surface area (Å²) in [7, 11) is 0. The summed E-state index contributed by atoms with van der Waals surface area (Å²) in [6, 6.07) is 10.3. The second-order valence-electron chi connectivity index (χ2n) is 7.01. The van der Waals surface area contributed by atoms with Crippen molar-refractivity contribution in [2.75, 3.05) is 18.2 Å². The van der Waals surface area contributed by atoms with E-state index in [0.29, 0.717) is 0 Å². The maximum absolute atomic E-state index is 5.95. The van der Waals surface area contributed by atoms with Crippen LogP contribution in [0, 0.1) is 6.92 Å². The van der Waals surface area contributed by atoms with Crippen molar-refractivity contribution in [3.63, 3.8) is 0 Å². The molecule has 25 heavy (non-hydrogen) atoms. The quantitative estimate of drug-likeness (QED) is 0.216. The summed E-state index contributed by atoms with van der Waals surface area (Å²) in [5.41, 5.74) is 1.13. The zero-order valence-corrected chi connectivity index (χ0v) is 16.6. The number of rotatable bonds is 17. The van der Waals surface area contributed by atoms with Crippen LogP contribution in [0.1, 0.15) is 90.4 Å². The normalized spacial score (nSPS) is 11.0. The topological polar surface area (TPSA) is 12.5 Å². The first kappa shape index (κ1) is 22.0. The van der Waals surface area contributed by atoms with Crippen molar-refractivity contribution in [1.29, 1.82) is 0 Å². The fourth-order valence-electron chi connectivity index (χ4n) is 3.12. The first-order chi connectivity index (χ1) is 12.4. The Morgan fingerprint density at radius 3 is 1.80 bits per heavy atom. The lowest BCUT2D eigenvalue weighted by atomic mass is 10.1. The molecular formula is C23H40NO. The van der Waals surface area contributed by atoms with Crippen molar-refractivity contribution in [2.45, 2.75) is 90.4 Å². The maximum Gasteiger partial charge on any atom is 0.0748 e. The Kier molecular flexibility index (Phi) is 14.5. The molecule has 0 aliphatic heterocycles. The number of anilines is 1. The molecule has 0 N–H and O–H groups in total. The highest BCUT2D eigenvalue weighted by Gasteiger charge is 2.05. The highest BCUT2D eigenvalue weighted by atomic mass is 16.7. The molecule has 143 valence electrons. The van der Waals surface area contributed by atoms with Gasteiger partial charge < -0.3 is 0 Å². The zero-order valence-electron chi connectivity index (χ0n) is 16.6. The summed E-state index contributed by atoms with van der Waals surface area (Å²) in [4.78, 5) is 5.95. The fourth-order valence-corrected chi connectivity index (χ4v) is 3.12. The van der Waals surface area contributed by atoms with E-state index < -0.39 is 0 Å². The Balaban J connectivity index is 1.93. The van der Waals surface area contributed by atoms with E-state index in [9.17, 15) is 0 Å². The predicted octanol–water partition coefficient (Wildman–Crippen LogP) is 7.35. The number of hydrogen-bond donors (Lipinski definition) is 0. The van der Waals surface area contributed by atoms with Crippen LogP contribution in [-0.2, 0) is 4.84 Å². The van der Waals surface area contributed by atoms with Gasteiger partial charge in [-0.05, 0) is 25.0 Å². The van der Waals surface area contributed by atoms with E-state index in [4.69, 9.17) is 4.84 Å². The number of nitrogens with zero attached hydrogens (tertiary/aromatic N) is 1. The molecule has 0 saturated heterocycles. The molecule has 0 spiro atoms. The van der Waals surface area contributed by atoms with Crippen LogP contribution in [0.25, 0.3) is 0 Å². The molecule has 0 unspecified atom stereocenters. The van der Waals surface area contributed by atoms with E-state index in [1.165, 1.54) is 70.6 Å². The van der Waals surface area contributed by atoms with Crippen LogP contribution in [0.5, 0.6) is 0 Å². The molecule has 2 nitrogen and oxygen atoms in total. The van der Waals surface area contributed by atoms with Gasteiger partial charge in [0.1, 0.15) is 0 Å².